The number of aromatic nitrogens is 1. The molecule has 0 unspecified atom stereocenters. The normalized spacial score (nSPS) is 26.2. The van der Waals surface area contributed by atoms with Crippen LogP contribution in [-0.2, 0) is 16.0 Å². The molecule has 0 radical (unpaired) electrons. The van der Waals surface area contributed by atoms with E-state index in [1.165, 1.54) is 32.1 Å². The number of carbonyl (C=O) groups is 2. The highest BCUT2D eigenvalue weighted by molar-refractivity contribution is 5.86. The maximum Gasteiger partial charge on any atom is 0.230 e. The Labute approximate surface area is 168 Å². The SMILES string of the molecule is O=C(Cc1cccnc1)N1CC[C@@]2(CCCN(CCC3CCCCC3)C2=O)C1. The highest BCUT2D eigenvalue weighted by Crippen LogP contribution is 2.40. The lowest BCUT2D eigenvalue weighted by Crippen LogP contribution is -2.50. The Bertz CT molecular complexity index is 686. The van der Waals surface area contributed by atoms with Crippen LogP contribution in [0.3, 0.4) is 0 Å². The van der Waals surface area contributed by atoms with Crippen molar-refractivity contribution < 1.29 is 9.59 Å². The molecule has 0 bridgehead atoms. The molecule has 1 saturated carbocycles. The standard InChI is InChI=1S/C23H33N3O2/c27-21(16-20-8-4-12-24-17-20)26-15-11-23(18-26)10-5-13-25(22(23)28)14-9-19-6-2-1-3-7-19/h4,8,12,17,19H,1-3,5-7,9-11,13-16,18H2/t23-/m0/s1. The van der Waals surface area contributed by atoms with Crippen molar-refractivity contribution in [2.75, 3.05) is 26.2 Å². The third-order valence-electron chi connectivity index (χ3n) is 7.14. The highest BCUT2D eigenvalue weighted by atomic mass is 16.2. The molecule has 5 nitrogen and oxygen atoms in total. The van der Waals surface area contributed by atoms with Crippen LogP contribution in [0.5, 0.6) is 0 Å². The lowest BCUT2D eigenvalue weighted by Gasteiger charge is -2.40. The molecule has 2 saturated heterocycles. The van der Waals surface area contributed by atoms with Crippen LogP contribution < -0.4 is 0 Å². The second-order valence-corrected chi connectivity index (χ2v) is 9.07. The maximum absolute atomic E-state index is 13.3. The van der Waals surface area contributed by atoms with E-state index in [-0.39, 0.29) is 11.3 Å². The second-order valence-electron chi connectivity index (χ2n) is 9.07. The monoisotopic (exact) mass is 383 g/mol. The van der Waals surface area contributed by atoms with Gasteiger partial charge in [-0.05, 0) is 43.2 Å². The van der Waals surface area contributed by atoms with Gasteiger partial charge in [-0.3, -0.25) is 14.6 Å². The topological polar surface area (TPSA) is 53.5 Å². The minimum Gasteiger partial charge on any atom is -0.342 e. The van der Waals surface area contributed by atoms with E-state index in [4.69, 9.17) is 0 Å². The third-order valence-corrected chi connectivity index (χ3v) is 7.14. The van der Waals surface area contributed by atoms with Crippen molar-refractivity contribution >= 4 is 11.8 Å². The van der Waals surface area contributed by atoms with Crippen molar-refractivity contribution in [1.82, 2.24) is 14.8 Å². The smallest absolute Gasteiger partial charge is 0.230 e. The average molecular weight is 384 g/mol. The van der Waals surface area contributed by atoms with Crippen molar-refractivity contribution in [2.45, 2.75) is 64.2 Å². The molecular formula is C23H33N3O2. The number of carbonyl (C=O) groups excluding carboxylic acids is 2. The molecule has 2 amide bonds. The summed E-state index contributed by atoms with van der Waals surface area (Å²) in [5.41, 5.74) is 0.618. The van der Waals surface area contributed by atoms with Crippen LogP contribution in [0.2, 0.25) is 0 Å². The Hall–Kier alpha value is -1.91. The molecule has 0 N–H and O–H groups in total. The Balaban J connectivity index is 1.33. The summed E-state index contributed by atoms with van der Waals surface area (Å²) in [4.78, 5) is 34.2. The van der Waals surface area contributed by atoms with E-state index < -0.39 is 0 Å². The van der Waals surface area contributed by atoms with Crippen molar-refractivity contribution in [3.63, 3.8) is 0 Å². The summed E-state index contributed by atoms with van der Waals surface area (Å²) in [6.45, 7) is 3.12. The first-order valence-electron chi connectivity index (χ1n) is 11.1. The van der Waals surface area contributed by atoms with Crippen molar-refractivity contribution in [3.8, 4) is 0 Å². The van der Waals surface area contributed by atoms with E-state index in [2.05, 4.69) is 9.88 Å². The Morgan fingerprint density at radius 3 is 2.79 bits per heavy atom. The fraction of sp³-hybridized carbons (Fsp3) is 0.696. The van der Waals surface area contributed by atoms with E-state index in [1.54, 1.807) is 12.4 Å². The van der Waals surface area contributed by atoms with Gasteiger partial charge in [-0.2, -0.15) is 0 Å². The first-order chi connectivity index (χ1) is 13.7. The molecule has 152 valence electrons. The van der Waals surface area contributed by atoms with Gasteiger partial charge in [0.15, 0.2) is 0 Å². The van der Waals surface area contributed by atoms with Crippen molar-refractivity contribution in [3.05, 3.63) is 30.1 Å². The van der Waals surface area contributed by atoms with Gasteiger partial charge in [0.05, 0.1) is 11.8 Å². The van der Waals surface area contributed by atoms with E-state index in [0.717, 1.165) is 50.3 Å². The number of pyridine rings is 1. The molecule has 2 aliphatic heterocycles. The molecule has 1 aromatic rings. The van der Waals surface area contributed by atoms with E-state index in [0.29, 0.717) is 25.4 Å². The minimum atomic E-state index is -0.324. The number of hydrogen-bond acceptors (Lipinski definition) is 3. The predicted octanol–water partition coefficient (Wildman–Crippen LogP) is 3.44. The number of likely N-dealkylation sites (tertiary alicyclic amines) is 2. The molecule has 0 aromatic carbocycles. The average Bonchev–Trinajstić information content (AvgIpc) is 3.16. The van der Waals surface area contributed by atoms with Crippen LogP contribution in [0.25, 0.3) is 0 Å². The molecule has 1 atom stereocenters. The van der Waals surface area contributed by atoms with E-state index in [9.17, 15) is 9.59 Å². The third kappa shape index (κ3) is 4.23. The molecule has 1 aromatic heterocycles. The van der Waals surface area contributed by atoms with Crippen LogP contribution >= 0.6 is 0 Å². The predicted molar refractivity (Wildman–Crippen MR) is 109 cm³/mol. The molecule has 1 spiro atoms. The molecule has 28 heavy (non-hydrogen) atoms. The Morgan fingerprint density at radius 1 is 1.14 bits per heavy atom. The Kier molecular flexibility index (Phi) is 5.98. The zero-order valence-electron chi connectivity index (χ0n) is 16.9. The fourth-order valence-electron chi connectivity index (χ4n) is 5.43. The molecule has 5 heteroatoms. The summed E-state index contributed by atoms with van der Waals surface area (Å²) in [5, 5.41) is 0. The number of amides is 2. The summed E-state index contributed by atoms with van der Waals surface area (Å²) in [6, 6.07) is 3.80. The van der Waals surface area contributed by atoms with Gasteiger partial charge < -0.3 is 9.80 Å². The summed E-state index contributed by atoms with van der Waals surface area (Å²) < 4.78 is 0. The van der Waals surface area contributed by atoms with Gasteiger partial charge in [-0.1, -0.05) is 38.2 Å². The number of rotatable bonds is 5. The summed E-state index contributed by atoms with van der Waals surface area (Å²) in [6.07, 6.45) is 14.6. The summed E-state index contributed by atoms with van der Waals surface area (Å²) in [7, 11) is 0. The minimum absolute atomic E-state index is 0.122. The summed E-state index contributed by atoms with van der Waals surface area (Å²) in [5.74, 6) is 1.24. The molecule has 3 heterocycles. The zero-order chi connectivity index (χ0) is 19.4. The van der Waals surface area contributed by atoms with Crippen LogP contribution in [0.1, 0.15) is 63.4 Å². The van der Waals surface area contributed by atoms with Crippen LogP contribution in [0.15, 0.2) is 24.5 Å². The zero-order valence-corrected chi connectivity index (χ0v) is 16.9. The first kappa shape index (κ1) is 19.4. The van der Waals surface area contributed by atoms with Crippen LogP contribution in [-0.4, -0.2) is 52.8 Å². The van der Waals surface area contributed by atoms with Crippen LogP contribution in [0, 0.1) is 11.3 Å². The van der Waals surface area contributed by atoms with Gasteiger partial charge in [0.25, 0.3) is 0 Å². The highest BCUT2D eigenvalue weighted by Gasteiger charge is 2.49. The first-order valence-corrected chi connectivity index (χ1v) is 11.1. The second kappa shape index (κ2) is 8.62. The largest absolute Gasteiger partial charge is 0.342 e. The molecule has 4 rings (SSSR count). The number of nitrogens with zero attached hydrogens (tertiary/aromatic N) is 3. The van der Waals surface area contributed by atoms with Crippen LogP contribution in [0.4, 0.5) is 0 Å². The molecule has 3 fully saturated rings. The van der Waals surface area contributed by atoms with E-state index in [1.807, 2.05) is 17.0 Å². The van der Waals surface area contributed by atoms with Gasteiger partial charge in [0.2, 0.25) is 11.8 Å². The summed E-state index contributed by atoms with van der Waals surface area (Å²) >= 11 is 0. The molecular weight excluding hydrogens is 350 g/mol. The van der Waals surface area contributed by atoms with Gasteiger partial charge >= 0.3 is 0 Å². The fourth-order valence-corrected chi connectivity index (χ4v) is 5.43. The number of piperidine rings is 1. The van der Waals surface area contributed by atoms with Crippen molar-refractivity contribution in [2.24, 2.45) is 11.3 Å². The van der Waals surface area contributed by atoms with Gasteiger partial charge in [-0.15, -0.1) is 0 Å². The lowest BCUT2D eigenvalue weighted by atomic mass is 9.78. The van der Waals surface area contributed by atoms with Gasteiger partial charge in [-0.25, -0.2) is 0 Å². The van der Waals surface area contributed by atoms with Gasteiger partial charge in [0.1, 0.15) is 0 Å². The number of hydrogen-bond donors (Lipinski definition) is 0. The van der Waals surface area contributed by atoms with E-state index >= 15 is 0 Å². The lowest BCUT2D eigenvalue weighted by molar-refractivity contribution is -0.146. The Morgan fingerprint density at radius 2 is 2.00 bits per heavy atom. The molecule has 1 aliphatic carbocycles. The molecule has 3 aliphatic rings. The maximum atomic E-state index is 13.3. The quantitative estimate of drug-likeness (QED) is 0.783. The van der Waals surface area contributed by atoms with Crippen molar-refractivity contribution in [1.29, 1.82) is 0 Å². The van der Waals surface area contributed by atoms with Gasteiger partial charge in [0, 0.05) is 38.6 Å².